The molecule has 0 radical (unpaired) electrons. The maximum absolute atomic E-state index is 13.1. The van der Waals surface area contributed by atoms with E-state index in [9.17, 15) is 18.0 Å². The van der Waals surface area contributed by atoms with Gasteiger partial charge in [-0.15, -0.1) is 0 Å². The highest BCUT2D eigenvalue weighted by molar-refractivity contribution is 7.89. The molecule has 1 aliphatic heterocycles. The van der Waals surface area contributed by atoms with Crippen LogP contribution in [0.1, 0.15) is 17.3 Å². The number of ether oxygens (including phenoxy) is 2. The number of aromatic nitrogens is 2. The molecule has 168 valence electrons. The van der Waals surface area contributed by atoms with Crippen LogP contribution in [-0.4, -0.2) is 61.5 Å². The van der Waals surface area contributed by atoms with Crippen molar-refractivity contribution in [1.82, 2.24) is 14.3 Å². The minimum atomic E-state index is -3.78. The number of morpholine rings is 1. The van der Waals surface area contributed by atoms with Crippen LogP contribution in [-0.2, 0) is 14.8 Å². The van der Waals surface area contributed by atoms with Crippen LogP contribution < -0.4 is 15.6 Å². The van der Waals surface area contributed by atoms with Gasteiger partial charge in [0.1, 0.15) is 5.69 Å². The normalized spacial score (nSPS) is 14.9. The Balaban J connectivity index is 1.75. The second kappa shape index (κ2) is 9.07. The molecule has 0 atom stereocenters. The minimum Gasteiger partial charge on any atom is -0.476 e. The zero-order valence-electron chi connectivity index (χ0n) is 17.3. The summed E-state index contributed by atoms with van der Waals surface area (Å²) in [5.74, 6) is -0.343. The second-order valence-corrected chi connectivity index (χ2v) is 8.95. The van der Waals surface area contributed by atoms with Crippen molar-refractivity contribution in [2.75, 3.05) is 38.2 Å². The van der Waals surface area contributed by atoms with Gasteiger partial charge < -0.3 is 19.8 Å². The minimum absolute atomic E-state index is 0.0318. The van der Waals surface area contributed by atoms with Crippen molar-refractivity contribution in [3.05, 3.63) is 58.5 Å². The molecule has 3 heterocycles. The van der Waals surface area contributed by atoms with Crippen LogP contribution in [0, 0.1) is 0 Å². The molecular formula is C21H22N4O6S. The zero-order valence-corrected chi connectivity index (χ0v) is 18.1. The Kier molecular flexibility index (Phi) is 6.21. The first-order chi connectivity index (χ1) is 15.4. The highest BCUT2D eigenvalue weighted by Gasteiger charge is 2.27. The molecule has 1 aliphatic rings. The number of carbonyl (C=O) groups excluding carboxylic acids is 1. The average molecular weight is 458 g/mol. The lowest BCUT2D eigenvalue weighted by Gasteiger charge is -2.26. The number of pyridine rings is 2. The maximum atomic E-state index is 13.1. The molecule has 0 spiro atoms. The third kappa shape index (κ3) is 4.35. The number of anilines is 1. The molecule has 1 amide bonds. The number of hydrogen-bond donors (Lipinski definition) is 2. The summed E-state index contributed by atoms with van der Waals surface area (Å²) in [5, 5.41) is 3.00. The topological polar surface area (TPSA) is 131 Å². The number of benzene rings is 1. The van der Waals surface area contributed by atoms with Gasteiger partial charge in [-0.2, -0.15) is 4.31 Å². The van der Waals surface area contributed by atoms with Gasteiger partial charge in [0.15, 0.2) is 0 Å². The van der Waals surface area contributed by atoms with E-state index in [1.54, 1.807) is 19.1 Å². The molecule has 0 aliphatic carbocycles. The molecular weight excluding hydrogens is 436 g/mol. The van der Waals surface area contributed by atoms with Crippen LogP contribution in [0.15, 0.2) is 52.3 Å². The lowest BCUT2D eigenvalue weighted by Crippen LogP contribution is -2.40. The molecule has 11 heteroatoms. The van der Waals surface area contributed by atoms with Gasteiger partial charge in [0.2, 0.25) is 21.5 Å². The van der Waals surface area contributed by atoms with E-state index in [0.717, 1.165) is 6.07 Å². The van der Waals surface area contributed by atoms with E-state index in [-0.39, 0.29) is 29.4 Å². The van der Waals surface area contributed by atoms with E-state index in [1.165, 1.54) is 28.7 Å². The number of fused-ring (bicyclic) bond motifs is 1. The third-order valence-electron chi connectivity index (χ3n) is 4.97. The standard InChI is InChI=1S/C21H22N4O6S/c1-2-31-21-18(4-3-7-22-21)24-20(27)16-13-19(26)23-17-6-5-14(12-15(16)17)32(28,29)25-8-10-30-11-9-25/h3-7,12-13H,2,8-11H2,1H3,(H,23,26)(H,24,27). The summed E-state index contributed by atoms with van der Waals surface area (Å²) in [7, 11) is -3.78. The lowest BCUT2D eigenvalue weighted by molar-refractivity contribution is 0.0730. The Morgan fingerprint density at radius 1 is 1.25 bits per heavy atom. The molecule has 0 unspecified atom stereocenters. The summed E-state index contributed by atoms with van der Waals surface area (Å²) >= 11 is 0. The van der Waals surface area contributed by atoms with Gasteiger partial charge in [0.05, 0.1) is 30.3 Å². The highest BCUT2D eigenvalue weighted by Crippen LogP contribution is 2.26. The molecule has 2 aromatic heterocycles. The summed E-state index contributed by atoms with van der Waals surface area (Å²) < 4.78 is 38.1. The number of rotatable bonds is 6. The van der Waals surface area contributed by atoms with Gasteiger partial charge in [-0.1, -0.05) is 0 Å². The first-order valence-corrected chi connectivity index (χ1v) is 11.5. The first kappa shape index (κ1) is 21.9. The van der Waals surface area contributed by atoms with Crippen molar-refractivity contribution in [1.29, 1.82) is 0 Å². The number of aromatic amines is 1. The van der Waals surface area contributed by atoms with Crippen molar-refractivity contribution >= 4 is 32.5 Å². The van der Waals surface area contributed by atoms with E-state index >= 15 is 0 Å². The fourth-order valence-electron chi connectivity index (χ4n) is 3.44. The predicted molar refractivity (Wildman–Crippen MR) is 118 cm³/mol. The van der Waals surface area contributed by atoms with Gasteiger partial charge in [-0.05, 0) is 37.3 Å². The first-order valence-electron chi connectivity index (χ1n) is 10.0. The predicted octanol–water partition coefficient (Wildman–Crippen LogP) is 1.59. The van der Waals surface area contributed by atoms with Gasteiger partial charge in [0.25, 0.3) is 5.91 Å². The van der Waals surface area contributed by atoms with Gasteiger partial charge in [0, 0.05) is 36.3 Å². The Bertz CT molecular complexity index is 1320. The van der Waals surface area contributed by atoms with Crippen molar-refractivity contribution in [2.24, 2.45) is 0 Å². The Morgan fingerprint density at radius 3 is 2.78 bits per heavy atom. The molecule has 1 saturated heterocycles. The summed E-state index contributed by atoms with van der Waals surface area (Å²) in [4.78, 5) is 32.0. The monoisotopic (exact) mass is 458 g/mol. The van der Waals surface area contributed by atoms with Gasteiger partial charge in [-0.3, -0.25) is 9.59 Å². The fourth-order valence-corrected chi connectivity index (χ4v) is 4.88. The van der Waals surface area contributed by atoms with Crippen molar-refractivity contribution in [3.63, 3.8) is 0 Å². The third-order valence-corrected chi connectivity index (χ3v) is 6.86. The molecule has 1 fully saturated rings. The van der Waals surface area contributed by atoms with Crippen LogP contribution in [0.3, 0.4) is 0 Å². The number of sulfonamides is 1. The summed E-state index contributed by atoms with van der Waals surface area (Å²) in [5.41, 5.74) is 0.237. The number of nitrogens with one attached hydrogen (secondary N) is 2. The molecule has 2 N–H and O–H groups in total. The van der Waals surface area contributed by atoms with Crippen LogP contribution >= 0.6 is 0 Å². The largest absolute Gasteiger partial charge is 0.476 e. The van der Waals surface area contributed by atoms with E-state index in [2.05, 4.69) is 15.3 Å². The SMILES string of the molecule is CCOc1ncccc1NC(=O)c1cc(=O)[nH]c2ccc(S(=O)(=O)N3CCOCC3)cc12. The van der Waals surface area contributed by atoms with E-state index < -0.39 is 21.5 Å². The highest BCUT2D eigenvalue weighted by atomic mass is 32.2. The number of carbonyl (C=O) groups is 1. The Morgan fingerprint density at radius 2 is 2.03 bits per heavy atom. The van der Waals surface area contributed by atoms with Gasteiger partial charge >= 0.3 is 0 Å². The van der Waals surface area contributed by atoms with E-state index in [4.69, 9.17) is 9.47 Å². The van der Waals surface area contributed by atoms with E-state index in [0.29, 0.717) is 36.4 Å². The quantitative estimate of drug-likeness (QED) is 0.574. The number of H-pyrrole nitrogens is 1. The van der Waals surface area contributed by atoms with Crippen molar-refractivity contribution < 1.29 is 22.7 Å². The Labute approximate surface area is 184 Å². The molecule has 3 aromatic rings. The molecule has 4 rings (SSSR count). The maximum Gasteiger partial charge on any atom is 0.256 e. The molecule has 0 saturated carbocycles. The van der Waals surface area contributed by atoms with Crippen LogP contribution in [0.25, 0.3) is 10.9 Å². The fraction of sp³-hybridized carbons (Fsp3) is 0.286. The second-order valence-electron chi connectivity index (χ2n) is 7.01. The van der Waals surface area contributed by atoms with Crippen LogP contribution in [0.2, 0.25) is 0 Å². The van der Waals surface area contributed by atoms with Crippen LogP contribution in [0.5, 0.6) is 5.88 Å². The lowest BCUT2D eigenvalue weighted by atomic mass is 10.1. The summed E-state index contributed by atoms with van der Waals surface area (Å²) in [6.45, 7) is 3.29. The van der Waals surface area contributed by atoms with E-state index in [1.807, 2.05) is 0 Å². The molecule has 0 bridgehead atoms. The van der Waals surface area contributed by atoms with Crippen molar-refractivity contribution in [3.8, 4) is 5.88 Å². The molecule has 1 aromatic carbocycles. The Hall–Kier alpha value is -3.28. The smallest absolute Gasteiger partial charge is 0.256 e. The average Bonchev–Trinajstić information content (AvgIpc) is 2.80. The number of amides is 1. The zero-order chi connectivity index (χ0) is 22.7. The summed E-state index contributed by atoms with van der Waals surface area (Å²) in [6, 6.07) is 8.70. The molecule has 10 nitrogen and oxygen atoms in total. The number of hydrogen-bond acceptors (Lipinski definition) is 7. The van der Waals surface area contributed by atoms with Gasteiger partial charge in [-0.25, -0.2) is 13.4 Å². The van der Waals surface area contributed by atoms with Crippen molar-refractivity contribution in [2.45, 2.75) is 11.8 Å². The van der Waals surface area contributed by atoms with Crippen LogP contribution in [0.4, 0.5) is 5.69 Å². The summed E-state index contributed by atoms with van der Waals surface area (Å²) in [6.07, 6.45) is 1.53. The molecule has 32 heavy (non-hydrogen) atoms. The number of nitrogens with zero attached hydrogens (tertiary/aromatic N) is 2.